The van der Waals surface area contributed by atoms with E-state index in [0.717, 1.165) is 22.6 Å². The summed E-state index contributed by atoms with van der Waals surface area (Å²) in [5, 5.41) is 0. The molecule has 1 aliphatic rings. The number of ether oxygens (including phenoxy) is 2. The van der Waals surface area contributed by atoms with Gasteiger partial charge in [0, 0.05) is 16.5 Å². The Morgan fingerprint density at radius 3 is 2.59 bits per heavy atom. The number of hydrogen-bond donors (Lipinski definition) is 0. The van der Waals surface area contributed by atoms with Crippen LogP contribution in [0.3, 0.4) is 0 Å². The molecule has 0 N–H and O–H groups in total. The van der Waals surface area contributed by atoms with Crippen LogP contribution in [0.25, 0.3) is 0 Å². The van der Waals surface area contributed by atoms with Gasteiger partial charge in [0.2, 0.25) is 0 Å². The Kier molecular flexibility index (Phi) is 3.78. The van der Waals surface area contributed by atoms with Crippen molar-refractivity contribution in [1.82, 2.24) is 0 Å². The van der Waals surface area contributed by atoms with E-state index in [2.05, 4.69) is 15.9 Å². The summed E-state index contributed by atoms with van der Waals surface area (Å²) in [5.74, 6) is 1.06. The number of aldehydes is 2. The Bertz CT molecular complexity index is 456. The molecule has 90 valence electrons. The van der Waals surface area contributed by atoms with Crippen LogP contribution < -0.4 is 9.47 Å². The van der Waals surface area contributed by atoms with Crippen molar-refractivity contribution in [3.05, 3.63) is 21.7 Å². The zero-order chi connectivity index (χ0) is 12.3. The van der Waals surface area contributed by atoms with E-state index in [1.807, 2.05) is 0 Å². The lowest BCUT2D eigenvalue weighted by Gasteiger charge is -2.23. The van der Waals surface area contributed by atoms with E-state index in [-0.39, 0.29) is 0 Å². The third kappa shape index (κ3) is 2.34. The lowest BCUT2D eigenvalue weighted by molar-refractivity contribution is -0.107. The molecule has 1 aliphatic heterocycles. The maximum atomic E-state index is 10.9. The smallest absolute Gasteiger partial charge is 0.172 e. The molecule has 0 bridgehead atoms. The number of halogens is 1. The van der Waals surface area contributed by atoms with Crippen LogP contribution in [0.1, 0.15) is 22.3 Å². The number of fused-ring (bicyclic) bond motifs is 1. The number of carbonyl (C=O) groups excluding carboxylic acids is 2. The number of rotatable bonds is 4. The van der Waals surface area contributed by atoms with Gasteiger partial charge in [-0.2, -0.15) is 0 Å². The van der Waals surface area contributed by atoms with Crippen molar-refractivity contribution in [2.75, 3.05) is 13.2 Å². The van der Waals surface area contributed by atoms with Crippen molar-refractivity contribution in [1.29, 1.82) is 0 Å². The molecule has 0 aliphatic carbocycles. The van der Waals surface area contributed by atoms with Gasteiger partial charge in [-0.1, -0.05) is 15.9 Å². The predicted molar refractivity (Wildman–Crippen MR) is 64.9 cm³/mol. The van der Waals surface area contributed by atoms with Gasteiger partial charge in [-0.25, -0.2) is 0 Å². The molecule has 17 heavy (non-hydrogen) atoms. The summed E-state index contributed by atoms with van der Waals surface area (Å²) >= 11 is 3.39. The highest BCUT2D eigenvalue weighted by molar-refractivity contribution is 9.10. The highest BCUT2D eigenvalue weighted by atomic mass is 79.9. The molecule has 0 radical (unpaired) electrons. The third-order valence-electron chi connectivity index (χ3n) is 2.53. The fourth-order valence-corrected chi connectivity index (χ4v) is 2.40. The molecule has 0 aromatic heterocycles. The van der Waals surface area contributed by atoms with Gasteiger partial charge in [-0.15, -0.1) is 0 Å². The van der Waals surface area contributed by atoms with Crippen molar-refractivity contribution in [2.24, 2.45) is 0 Å². The Morgan fingerprint density at radius 2 is 1.94 bits per heavy atom. The summed E-state index contributed by atoms with van der Waals surface area (Å²) in [6.07, 6.45) is 2.57. The molecule has 1 aromatic rings. The maximum absolute atomic E-state index is 10.9. The van der Waals surface area contributed by atoms with E-state index in [1.165, 1.54) is 0 Å². The minimum atomic E-state index is 0.412. The molecule has 0 unspecified atom stereocenters. The van der Waals surface area contributed by atoms with Gasteiger partial charge in [-0.05, 0) is 12.5 Å². The molecule has 0 atom stereocenters. The molecule has 0 fully saturated rings. The SMILES string of the molecule is O=CCCc1c(Br)cc(C=O)c2c1OCCO2. The van der Waals surface area contributed by atoms with Crippen LogP contribution in [0.5, 0.6) is 11.5 Å². The highest BCUT2D eigenvalue weighted by Crippen LogP contribution is 2.41. The fraction of sp³-hybridized carbons (Fsp3) is 0.333. The molecule has 1 aromatic carbocycles. The normalized spacial score (nSPS) is 13.2. The monoisotopic (exact) mass is 298 g/mol. The van der Waals surface area contributed by atoms with Gasteiger partial charge in [0.05, 0.1) is 5.56 Å². The minimum absolute atomic E-state index is 0.412. The molecule has 4 nitrogen and oxygen atoms in total. The van der Waals surface area contributed by atoms with Crippen LogP contribution in [-0.2, 0) is 11.2 Å². The van der Waals surface area contributed by atoms with Gasteiger partial charge in [0.15, 0.2) is 17.8 Å². The Labute approximate surface area is 107 Å². The van der Waals surface area contributed by atoms with Gasteiger partial charge in [0.1, 0.15) is 19.5 Å². The van der Waals surface area contributed by atoms with Crippen LogP contribution in [0, 0.1) is 0 Å². The van der Waals surface area contributed by atoms with Crippen LogP contribution in [0.15, 0.2) is 10.5 Å². The summed E-state index contributed by atoms with van der Waals surface area (Å²) in [7, 11) is 0. The zero-order valence-corrected chi connectivity index (χ0v) is 10.7. The summed E-state index contributed by atoms with van der Waals surface area (Å²) in [6, 6.07) is 1.70. The summed E-state index contributed by atoms with van der Waals surface area (Å²) in [6.45, 7) is 0.887. The number of hydrogen-bond acceptors (Lipinski definition) is 4. The van der Waals surface area contributed by atoms with E-state index >= 15 is 0 Å². The fourth-order valence-electron chi connectivity index (χ4n) is 1.78. The number of carbonyl (C=O) groups is 2. The topological polar surface area (TPSA) is 52.6 Å². The molecule has 0 saturated carbocycles. The minimum Gasteiger partial charge on any atom is -0.486 e. The van der Waals surface area contributed by atoms with Gasteiger partial charge in [-0.3, -0.25) is 4.79 Å². The molecule has 5 heteroatoms. The van der Waals surface area contributed by atoms with Crippen LogP contribution in [0.2, 0.25) is 0 Å². The molecule has 0 spiro atoms. The first-order valence-electron chi connectivity index (χ1n) is 5.27. The Hall–Kier alpha value is -1.36. The first kappa shape index (κ1) is 12.1. The quantitative estimate of drug-likeness (QED) is 0.800. The van der Waals surface area contributed by atoms with Crippen LogP contribution in [0.4, 0.5) is 0 Å². The van der Waals surface area contributed by atoms with E-state index in [4.69, 9.17) is 9.47 Å². The van der Waals surface area contributed by atoms with Crippen molar-refractivity contribution in [3.8, 4) is 11.5 Å². The predicted octanol–water partition coefficient (Wildman–Crippen LogP) is 2.16. The molecule has 2 rings (SSSR count). The molecule has 0 saturated heterocycles. The van der Waals surface area contributed by atoms with Gasteiger partial charge >= 0.3 is 0 Å². The van der Waals surface area contributed by atoms with E-state index < -0.39 is 0 Å². The van der Waals surface area contributed by atoms with E-state index in [1.54, 1.807) is 6.07 Å². The third-order valence-corrected chi connectivity index (χ3v) is 3.24. The van der Waals surface area contributed by atoms with Crippen molar-refractivity contribution < 1.29 is 19.1 Å². The largest absolute Gasteiger partial charge is 0.486 e. The molecular weight excluding hydrogens is 288 g/mol. The average molecular weight is 299 g/mol. The zero-order valence-electron chi connectivity index (χ0n) is 9.07. The second-order valence-corrected chi connectivity index (χ2v) is 4.46. The van der Waals surface area contributed by atoms with Gasteiger partial charge < -0.3 is 14.3 Å². The Balaban J connectivity index is 2.50. The van der Waals surface area contributed by atoms with Crippen LogP contribution in [-0.4, -0.2) is 25.8 Å². The lowest BCUT2D eigenvalue weighted by atomic mass is 10.0. The van der Waals surface area contributed by atoms with Crippen LogP contribution >= 0.6 is 15.9 Å². The molecular formula is C12H11BrO4. The van der Waals surface area contributed by atoms with E-state index in [0.29, 0.717) is 43.1 Å². The second-order valence-electron chi connectivity index (χ2n) is 3.60. The standard InChI is InChI=1S/C12H11BrO4/c13-10-6-8(7-15)11-12(17-5-4-16-11)9(10)2-1-3-14/h3,6-7H,1-2,4-5H2. The molecule has 0 amide bonds. The average Bonchev–Trinajstić information content (AvgIpc) is 2.37. The first-order chi connectivity index (χ1) is 8.27. The first-order valence-corrected chi connectivity index (χ1v) is 6.07. The second kappa shape index (κ2) is 5.31. The lowest BCUT2D eigenvalue weighted by Crippen LogP contribution is -2.18. The van der Waals surface area contributed by atoms with Gasteiger partial charge in [0.25, 0.3) is 0 Å². The Morgan fingerprint density at radius 1 is 1.24 bits per heavy atom. The number of benzene rings is 1. The summed E-state index contributed by atoms with van der Waals surface area (Å²) in [4.78, 5) is 21.4. The van der Waals surface area contributed by atoms with Crippen molar-refractivity contribution in [2.45, 2.75) is 12.8 Å². The summed E-state index contributed by atoms with van der Waals surface area (Å²) < 4.78 is 11.8. The van der Waals surface area contributed by atoms with Crippen molar-refractivity contribution >= 4 is 28.5 Å². The highest BCUT2D eigenvalue weighted by Gasteiger charge is 2.22. The molecule has 1 heterocycles. The summed E-state index contributed by atoms with van der Waals surface area (Å²) in [5.41, 5.74) is 1.33. The van der Waals surface area contributed by atoms with Crippen molar-refractivity contribution in [3.63, 3.8) is 0 Å². The van der Waals surface area contributed by atoms with E-state index in [9.17, 15) is 9.59 Å². The maximum Gasteiger partial charge on any atom is 0.172 e.